The van der Waals surface area contributed by atoms with Crippen LogP contribution in [0.2, 0.25) is 0 Å². The molecule has 0 fully saturated rings. The van der Waals surface area contributed by atoms with E-state index in [1.54, 1.807) is 0 Å². The van der Waals surface area contributed by atoms with Gasteiger partial charge < -0.3 is 14.2 Å². The molecule has 0 saturated carbocycles. The van der Waals surface area contributed by atoms with Crippen LogP contribution in [0.15, 0.2) is 134 Å². The van der Waals surface area contributed by atoms with Gasteiger partial charge in [0.05, 0.1) is 0 Å². The first-order chi connectivity index (χ1) is 31.5. The zero-order valence-corrected chi connectivity index (χ0v) is 40.7. The van der Waals surface area contributed by atoms with Crippen LogP contribution in [0.4, 0.5) is 0 Å². The molecule has 0 rings (SSSR count). The average Bonchev–Trinajstić information content (AvgIpc) is 3.29. The highest BCUT2D eigenvalue weighted by Crippen LogP contribution is 2.12. The maximum atomic E-state index is 12.8. The lowest BCUT2D eigenvalue weighted by molar-refractivity contribution is -0.167. The van der Waals surface area contributed by atoms with Crippen molar-refractivity contribution in [3.63, 3.8) is 0 Å². The average molecular weight is 883 g/mol. The molecule has 0 heterocycles. The SMILES string of the molecule is CC/C=C/C=C/C=C/C=C/CCCCCC(=O)OCC(COC(=O)CCC/C=C/C/C=C/C/C=C/C/C=C/CCCCC)OC(=O)CCCCCCCC/C=C/C/C=C/C/C=C/CC. The molecule has 6 nitrogen and oxygen atoms in total. The molecule has 1 atom stereocenters. The summed E-state index contributed by atoms with van der Waals surface area (Å²) in [6.07, 6.45) is 71.5. The van der Waals surface area contributed by atoms with E-state index < -0.39 is 6.10 Å². The minimum atomic E-state index is -0.828. The van der Waals surface area contributed by atoms with Crippen LogP contribution >= 0.6 is 0 Å². The number of carbonyl (C=O) groups is 3. The van der Waals surface area contributed by atoms with Crippen molar-refractivity contribution in [1.29, 1.82) is 0 Å². The first kappa shape index (κ1) is 59.5. The van der Waals surface area contributed by atoms with Crippen molar-refractivity contribution in [1.82, 2.24) is 0 Å². The zero-order valence-electron chi connectivity index (χ0n) is 40.7. The molecular weight excluding hydrogens is 793 g/mol. The van der Waals surface area contributed by atoms with Gasteiger partial charge in [-0.3, -0.25) is 14.4 Å². The van der Waals surface area contributed by atoms with E-state index in [2.05, 4.69) is 118 Å². The largest absolute Gasteiger partial charge is 0.462 e. The molecule has 1 unspecified atom stereocenters. The van der Waals surface area contributed by atoms with E-state index in [4.69, 9.17) is 14.2 Å². The number of hydrogen-bond acceptors (Lipinski definition) is 6. The highest BCUT2D eigenvalue weighted by Gasteiger charge is 2.19. The van der Waals surface area contributed by atoms with Crippen molar-refractivity contribution in [3.05, 3.63) is 134 Å². The summed E-state index contributed by atoms with van der Waals surface area (Å²) in [5.41, 5.74) is 0. The molecule has 0 N–H and O–H groups in total. The molecule has 0 aromatic rings. The standard InChI is InChI=1S/C58H90O6/c1-4-7-10-13-16-19-22-25-27-29-31-33-36-39-42-45-48-51-57(60)63-54-55(53-62-56(59)50-47-44-41-38-35-32-24-21-18-15-12-9-6-3)64-58(61)52-49-46-43-40-37-34-30-28-26-23-20-17-14-11-8-5-2/h8-9,11-12,15-21,24-28,31-33,35,39,42,55H,4-7,10,13-14,22-23,29-30,34,36-38,40-41,43-54H2,1-3H3/b11-8+,12-9+,18-15+,19-16+,20-17+,24-21+,27-25+,28-26+,33-31+,35-32+,42-39+. The fourth-order valence-electron chi connectivity index (χ4n) is 6.22. The molecule has 358 valence electrons. The van der Waals surface area contributed by atoms with Gasteiger partial charge in [-0.05, 0) is 109 Å². The first-order valence-corrected chi connectivity index (χ1v) is 25.2. The third-order valence-electron chi connectivity index (χ3n) is 9.96. The van der Waals surface area contributed by atoms with Crippen LogP contribution in [0.25, 0.3) is 0 Å². The lowest BCUT2D eigenvalue weighted by Crippen LogP contribution is -2.30. The third-order valence-corrected chi connectivity index (χ3v) is 9.96. The quantitative estimate of drug-likeness (QED) is 0.0200. The van der Waals surface area contributed by atoms with Crippen molar-refractivity contribution < 1.29 is 28.6 Å². The van der Waals surface area contributed by atoms with Crippen molar-refractivity contribution >= 4 is 17.9 Å². The zero-order chi connectivity index (χ0) is 46.5. The number of rotatable bonds is 43. The Morgan fingerprint density at radius 1 is 0.344 bits per heavy atom. The van der Waals surface area contributed by atoms with Crippen LogP contribution in [0, 0.1) is 0 Å². The fraction of sp³-hybridized carbons (Fsp3) is 0.569. The summed E-state index contributed by atoms with van der Waals surface area (Å²) in [5.74, 6) is -1.04. The summed E-state index contributed by atoms with van der Waals surface area (Å²) < 4.78 is 16.7. The van der Waals surface area contributed by atoms with Gasteiger partial charge in [0.1, 0.15) is 13.2 Å². The second-order valence-electron chi connectivity index (χ2n) is 16.0. The minimum absolute atomic E-state index is 0.126. The Labute approximate surface area is 392 Å². The molecule has 0 aliphatic carbocycles. The van der Waals surface area contributed by atoms with E-state index >= 15 is 0 Å². The number of unbranched alkanes of at least 4 members (excludes halogenated alkanes) is 13. The molecule has 6 heteroatoms. The Bertz CT molecular complexity index is 1430. The Balaban J connectivity index is 4.58. The third kappa shape index (κ3) is 48.6. The van der Waals surface area contributed by atoms with Crippen LogP contribution in [-0.2, 0) is 28.6 Å². The molecular formula is C58H90O6. The van der Waals surface area contributed by atoms with Crippen LogP contribution in [-0.4, -0.2) is 37.2 Å². The van der Waals surface area contributed by atoms with Crippen LogP contribution in [0.3, 0.4) is 0 Å². The molecule has 0 bridgehead atoms. The monoisotopic (exact) mass is 883 g/mol. The predicted octanol–water partition coefficient (Wildman–Crippen LogP) is 16.7. The molecule has 0 saturated heterocycles. The Hall–Kier alpha value is -4.45. The number of ether oxygens (including phenoxy) is 3. The van der Waals surface area contributed by atoms with E-state index in [0.29, 0.717) is 12.8 Å². The molecule has 0 aromatic heterocycles. The van der Waals surface area contributed by atoms with Crippen molar-refractivity contribution in [2.24, 2.45) is 0 Å². The summed E-state index contributed by atoms with van der Waals surface area (Å²) in [4.78, 5) is 37.9. The maximum Gasteiger partial charge on any atom is 0.306 e. The highest BCUT2D eigenvalue weighted by molar-refractivity contribution is 5.71. The van der Waals surface area contributed by atoms with Gasteiger partial charge in [-0.25, -0.2) is 0 Å². The van der Waals surface area contributed by atoms with Gasteiger partial charge in [0.25, 0.3) is 0 Å². The van der Waals surface area contributed by atoms with E-state index in [-0.39, 0.29) is 44.0 Å². The van der Waals surface area contributed by atoms with Gasteiger partial charge in [-0.1, -0.05) is 199 Å². The second-order valence-corrected chi connectivity index (χ2v) is 16.0. The number of carbonyl (C=O) groups excluding carboxylic acids is 3. The van der Waals surface area contributed by atoms with E-state index in [1.165, 1.54) is 38.5 Å². The first-order valence-electron chi connectivity index (χ1n) is 25.2. The predicted molar refractivity (Wildman–Crippen MR) is 274 cm³/mol. The molecule has 0 spiro atoms. The molecule has 64 heavy (non-hydrogen) atoms. The van der Waals surface area contributed by atoms with Crippen molar-refractivity contribution in [2.45, 2.75) is 200 Å². The molecule has 0 amide bonds. The molecule has 0 aliphatic rings. The Kier molecular flexibility index (Phi) is 47.6. The summed E-state index contributed by atoms with van der Waals surface area (Å²) in [5, 5.41) is 0. The van der Waals surface area contributed by atoms with Gasteiger partial charge >= 0.3 is 17.9 Å². The van der Waals surface area contributed by atoms with Crippen molar-refractivity contribution in [3.8, 4) is 0 Å². The lowest BCUT2D eigenvalue weighted by Gasteiger charge is -2.18. The summed E-state index contributed by atoms with van der Waals surface area (Å²) in [7, 11) is 0. The molecule has 0 radical (unpaired) electrons. The highest BCUT2D eigenvalue weighted by atomic mass is 16.6. The van der Waals surface area contributed by atoms with E-state index in [9.17, 15) is 14.4 Å². The number of allylic oxidation sites excluding steroid dienone is 22. The topological polar surface area (TPSA) is 78.9 Å². The van der Waals surface area contributed by atoms with Crippen molar-refractivity contribution in [2.75, 3.05) is 13.2 Å². The van der Waals surface area contributed by atoms with Gasteiger partial charge in [0.2, 0.25) is 0 Å². The molecule has 0 aromatic carbocycles. The van der Waals surface area contributed by atoms with Crippen LogP contribution in [0.1, 0.15) is 194 Å². The Morgan fingerprint density at radius 3 is 1.22 bits per heavy atom. The van der Waals surface area contributed by atoms with E-state index in [0.717, 1.165) is 109 Å². The summed E-state index contributed by atoms with van der Waals surface area (Å²) in [6, 6.07) is 0. The smallest absolute Gasteiger partial charge is 0.306 e. The fourth-order valence-corrected chi connectivity index (χ4v) is 6.22. The maximum absolute atomic E-state index is 12.8. The Morgan fingerprint density at radius 2 is 0.703 bits per heavy atom. The minimum Gasteiger partial charge on any atom is -0.462 e. The number of esters is 3. The summed E-state index contributed by atoms with van der Waals surface area (Å²) >= 11 is 0. The lowest BCUT2D eigenvalue weighted by atomic mass is 10.1. The summed E-state index contributed by atoms with van der Waals surface area (Å²) in [6.45, 7) is 6.24. The van der Waals surface area contributed by atoms with Gasteiger partial charge in [-0.2, -0.15) is 0 Å². The normalized spacial score (nSPS) is 13.2. The molecule has 0 aliphatic heterocycles. The van der Waals surface area contributed by atoms with Gasteiger partial charge in [0, 0.05) is 19.3 Å². The van der Waals surface area contributed by atoms with Gasteiger partial charge in [0.15, 0.2) is 6.10 Å². The van der Waals surface area contributed by atoms with Crippen LogP contribution < -0.4 is 0 Å². The van der Waals surface area contributed by atoms with E-state index in [1.807, 2.05) is 36.5 Å². The number of hydrogen-bond donors (Lipinski definition) is 0. The second kappa shape index (κ2) is 51.2. The van der Waals surface area contributed by atoms with Gasteiger partial charge in [-0.15, -0.1) is 0 Å². The van der Waals surface area contributed by atoms with Crippen LogP contribution in [0.5, 0.6) is 0 Å².